The fourth-order valence-electron chi connectivity index (χ4n) is 8.87. The predicted octanol–water partition coefficient (Wildman–Crippen LogP) is 14.4. The molecule has 0 amide bonds. The Morgan fingerprint density at radius 1 is 0.434 bits per heavy atom. The zero-order valence-electron chi connectivity index (χ0n) is 29.1. The van der Waals surface area contributed by atoms with Gasteiger partial charge in [0, 0.05) is 42.9 Å². The molecular weight excluding hydrogens is 663 g/mol. The molecule has 0 aliphatic heterocycles. The standard InChI is InChI=1S/C50H33NOS/c1-50(41-22-8-5-16-35(41)36-17-6-9-23-42(36)50)43-24-11-19-38-39-20-12-25-44(48(39)52-47(38)43)51(34-30-28-33(29-31-34)32-14-3-2-4-15-32)45-26-13-21-40-37-18-7-10-27-46(37)53-49(40)45/h2-31H,1H3. The lowest BCUT2D eigenvalue weighted by Gasteiger charge is -2.28. The Balaban J connectivity index is 1.17. The van der Waals surface area contributed by atoms with Gasteiger partial charge in [0.15, 0.2) is 5.58 Å². The summed E-state index contributed by atoms with van der Waals surface area (Å²) in [5.74, 6) is 0. The fraction of sp³-hybridized carbons (Fsp3) is 0.0400. The van der Waals surface area contributed by atoms with Crippen LogP contribution in [0.4, 0.5) is 17.1 Å². The number of anilines is 3. The van der Waals surface area contributed by atoms with E-state index in [2.05, 4.69) is 194 Å². The van der Waals surface area contributed by atoms with Crippen molar-refractivity contribution in [3.63, 3.8) is 0 Å². The Bertz CT molecular complexity index is 2980. The van der Waals surface area contributed by atoms with Crippen LogP contribution < -0.4 is 4.90 Å². The van der Waals surface area contributed by atoms with Crippen LogP contribution in [0.15, 0.2) is 186 Å². The molecule has 0 saturated heterocycles. The highest BCUT2D eigenvalue weighted by Crippen LogP contribution is 2.55. The van der Waals surface area contributed by atoms with Gasteiger partial charge in [0.1, 0.15) is 5.58 Å². The van der Waals surface area contributed by atoms with E-state index in [4.69, 9.17) is 4.42 Å². The molecule has 0 fully saturated rings. The average molecular weight is 696 g/mol. The highest BCUT2D eigenvalue weighted by molar-refractivity contribution is 7.26. The summed E-state index contributed by atoms with van der Waals surface area (Å²) in [7, 11) is 0. The molecule has 2 nitrogen and oxygen atoms in total. The molecule has 250 valence electrons. The Labute approximate surface area is 311 Å². The van der Waals surface area contributed by atoms with E-state index < -0.39 is 0 Å². The molecule has 53 heavy (non-hydrogen) atoms. The van der Waals surface area contributed by atoms with E-state index in [0.717, 1.165) is 39.0 Å². The summed E-state index contributed by atoms with van der Waals surface area (Å²) >= 11 is 1.85. The third-order valence-corrected chi connectivity index (χ3v) is 12.6. The summed E-state index contributed by atoms with van der Waals surface area (Å²) in [5, 5.41) is 4.78. The van der Waals surface area contributed by atoms with Crippen LogP contribution >= 0.6 is 11.3 Å². The van der Waals surface area contributed by atoms with Gasteiger partial charge in [-0.25, -0.2) is 0 Å². The molecule has 1 aliphatic carbocycles. The lowest BCUT2D eigenvalue weighted by Crippen LogP contribution is -2.22. The van der Waals surface area contributed by atoms with Crippen molar-refractivity contribution in [1.29, 1.82) is 0 Å². The van der Waals surface area contributed by atoms with Gasteiger partial charge in [0.25, 0.3) is 0 Å². The van der Waals surface area contributed by atoms with Crippen LogP contribution in [0.25, 0.3) is 64.4 Å². The van der Waals surface area contributed by atoms with Gasteiger partial charge in [0.05, 0.1) is 16.1 Å². The second kappa shape index (κ2) is 11.5. The molecule has 8 aromatic carbocycles. The Morgan fingerprint density at radius 3 is 1.74 bits per heavy atom. The predicted molar refractivity (Wildman–Crippen MR) is 224 cm³/mol. The number of benzene rings is 8. The summed E-state index contributed by atoms with van der Waals surface area (Å²) in [5.41, 5.74) is 13.4. The first-order valence-electron chi connectivity index (χ1n) is 18.2. The first-order chi connectivity index (χ1) is 26.2. The first kappa shape index (κ1) is 30.2. The van der Waals surface area contributed by atoms with E-state index in [1.54, 1.807) is 0 Å². The molecule has 0 saturated carbocycles. The molecule has 2 heterocycles. The van der Waals surface area contributed by atoms with Gasteiger partial charge in [-0.1, -0.05) is 152 Å². The molecule has 0 bridgehead atoms. The molecular formula is C50H33NOS. The fourth-order valence-corrected chi connectivity index (χ4v) is 10.1. The van der Waals surface area contributed by atoms with E-state index in [9.17, 15) is 0 Å². The van der Waals surface area contributed by atoms with Crippen molar-refractivity contribution in [1.82, 2.24) is 0 Å². The maximum Gasteiger partial charge on any atom is 0.159 e. The van der Waals surface area contributed by atoms with Crippen LogP contribution in [0.1, 0.15) is 23.6 Å². The van der Waals surface area contributed by atoms with E-state index in [1.807, 2.05) is 11.3 Å². The van der Waals surface area contributed by atoms with Gasteiger partial charge in [-0.3, -0.25) is 0 Å². The maximum atomic E-state index is 7.27. The van der Waals surface area contributed by atoms with Gasteiger partial charge in [-0.2, -0.15) is 0 Å². The maximum absolute atomic E-state index is 7.27. The molecule has 0 unspecified atom stereocenters. The molecule has 0 spiro atoms. The van der Waals surface area contributed by atoms with E-state index in [0.29, 0.717) is 0 Å². The van der Waals surface area contributed by atoms with Crippen molar-refractivity contribution in [3.05, 3.63) is 199 Å². The largest absolute Gasteiger partial charge is 0.454 e. The van der Waals surface area contributed by atoms with Crippen LogP contribution in [-0.4, -0.2) is 0 Å². The quantitative estimate of drug-likeness (QED) is 0.178. The molecule has 0 atom stereocenters. The normalized spacial score (nSPS) is 13.2. The van der Waals surface area contributed by atoms with E-state index in [-0.39, 0.29) is 5.41 Å². The number of para-hydroxylation sites is 2. The molecule has 3 heteroatoms. The lowest BCUT2D eigenvalue weighted by atomic mass is 9.74. The number of nitrogens with zero attached hydrogens (tertiary/aromatic N) is 1. The van der Waals surface area contributed by atoms with Crippen LogP contribution in [0, 0.1) is 0 Å². The SMILES string of the molecule is CC1(c2cccc3c2oc2c(N(c4ccc(-c5ccccc5)cc4)c4cccc5c4sc4ccccc45)cccc23)c2ccccc2-c2ccccc21. The minimum absolute atomic E-state index is 0.379. The van der Waals surface area contributed by atoms with Crippen LogP contribution in [0.5, 0.6) is 0 Å². The van der Waals surface area contributed by atoms with E-state index in [1.165, 1.54) is 59.1 Å². The van der Waals surface area contributed by atoms with Gasteiger partial charge in [-0.05, 0) is 70.6 Å². The topological polar surface area (TPSA) is 16.4 Å². The highest BCUT2D eigenvalue weighted by Gasteiger charge is 2.42. The molecule has 0 radical (unpaired) electrons. The third kappa shape index (κ3) is 4.38. The van der Waals surface area contributed by atoms with Crippen LogP contribution in [0.3, 0.4) is 0 Å². The molecule has 2 aromatic heterocycles. The Morgan fingerprint density at radius 2 is 0.981 bits per heavy atom. The van der Waals surface area contributed by atoms with Crippen molar-refractivity contribution in [3.8, 4) is 22.3 Å². The van der Waals surface area contributed by atoms with Crippen LogP contribution in [-0.2, 0) is 5.41 Å². The summed E-state index contributed by atoms with van der Waals surface area (Å²) in [6, 6.07) is 65.9. The summed E-state index contributed by atoms with van der Waals surface area (Å²) in [6.07, 6.45) is 0. The van der Waals surface area contributed by atoms with Gasteiger partial charge in [0.2, 0.25) is 0 Å². The second-order valence-electron chi connectivity index (χ2n) is 14.2. The lowest BCUT2D eigenvalue weighted by molar-refractivity contribution is 0.638. The zero-order valence-corrected chi connectivity index (χ0v) is 29.9. The van der Waals surface area contributed by atoms with Gasteiger partial charge >= 0.3 is 0 Å². The average Bonchev–Trinajstić information content (AvgIpc) is 3.88. The minimum atomic E-state index is -0.379. The number of fused-ring (bicyclic) bond motifs is 9. The summed E-state index contributed by atoms with van der Waals surface area (Å²) in [6.45, 7) is 2.36. The number of thiophene rings is 1. The second-order valence-corrected chi connectivity index (χ2v) is 15.2. The number of furan rings is 1. The van der Waals surface area contributed by atoms with Gasteiger partial charge < -0.3 is 9.32 Å². The smallest absolute Gasteiger partial charge is 0.159 e. The molecule has 0 N–H and O–H groups in total. The minimum Gasteiger partial charge on any atom is -0.454 e. The Kier molecular flexibility index (Phi) is 6.58. The number of rotatable bonds is 5. The third-order valence-electron chi connectivity index (χ3n) is 11.4. The summed E-state index contributed by atoms with van der Waals surface area (Å²) < 4.78 is 9.81. The molecule has 1 aliphatic rings. The van der Waals surface area contributed by atoms with E-state index >= 15 is 0 Å². The van der Waals surface area contributed by atoms with Crippen molar-refractivity contribution in [2.75, 3.05) is 4.90 Å². The zero-order chi connectivity index (χ0) is 35.1. The van der Waals surface area contributed by atoms with Crippen molar-refractivity contribution in [2.45, 2.75) is 12.3 Å². The van der Waals surface area contributed by atoms with Crippen molar-refractivity contribution in [2.24, 2.45) is 0 Å². The molecule has 10 aromatic rings. The summed E-state index contributed by atoms with van der Waals surface area (Å²) in [4.78, 5) is 2.40. The first-order valence-corrected chi connectivity index (χ1v) is 19.0. The molecule has 11 rings (SSSR count). The van der Waals surface area contributed by atoms with Crippen molar-refractivity contribution >= 4 is 70.5 Å². The van der Waals surface area contributed by atoms with Crippen molar-refractivity contribution < 1.29 is 4.42 Å². The van der Waals surface area contributed by atoms with Gasteiger partial charge in [-0.15, -0.1) is 11.3 Å². The Hall–Kier alpha value is -6.42. The van der Waals surface area contributed by atoms with Crippen LogP contribution in [0.2, 0.25) is 0 Å². The monoisotopic (exact) mass is 695 g/mol. The number of hydrogen-bond acceptors (Lipinski definition) is 3. The number of hydrogen-bond donors (Lipinski definition) is 0. The highest BCUT2D eigenvalue weighted by atomic mass is 32.1.